The molecule has 1 aliphatic rings. The Morgan fingerprint density at radius 3 is 2.54 bits per heavy atom. The monoisotopic (exact) mass is 382 g/mol. The minimum atomic E-state index is -3.27. The second-order valence-corrected chi connectivity index (χ2v) is 8.18. The molecular weight excluding hydrogens is 362 g/mol. The lowest BCUT2D eigenvalue weighted by atomic mass is 9.97. The molecule has 1 unspecified atom stereocenters. The third-order valence-corrected chi connectivity index (χ3v) is 5.16. The van der Waals surface area contributed by atoms with Gasteiger partial charge >= 0.3 is 0 Å². The highest BCUT2D eigenvalue weighted by atomic mass is 32.2. The van der Waals surface area contributed by atoms with Crippen molar-refractivity contribution in [3.05, 3.63) is 59.7 Å². The molecule has 1 fully saturated rings. The van der Waals surface area contributed by atoms with Gasteiger partial charge in [0.1, 0.15) is 11.6 Å². The maximum Gasteiger partial charge on any atom is 0.208 e. The van der Waals surface area contributed by atoms with Gasteiger partial charge in [-0.2, -0.15) is 0 Å². The molecule has 2 heterocycles. The van der Waals surface area contributed by atoms with Crippen LogP contribution in [0.1, 0.15) is 30.1 Å². The number of piperidine rings is 1. The van der Waals surface area contributed by atoms with Gasteiger partial charge in [-0.1, -0.05) is 6.07 Å². The van der Waals surface area contributed by atoms with Crippen LogP contribution in [0.2, 0.25) is 0 Å². The number of halogens is 2. The molecule has 0 saturated carbocycles. The van der Waals surface area contributed by atoms with Gasteiger partial charge in [-0.3, -0.25) is 14.9 Å². The molecule has 0 aliphatic carbocycles. The number of hydrogen-bond donors (Lipinski definition) is 1. The highest BCUT2D eigenvalue weighted by molar-refractivity contribution is 7.88. The van der Waals surface area contributed by atoms with Gasteiger partial charge in [-0.05, 0) is 18.9 Å². The van der Waals surface area contributed by atoms with Crippen LogP contribution in [0.25, 0.3) is 0 Å². The van der Waals surface area contributed by atoms with E-state index in [1.54, 1.807) is 6.20 Å². The van der Waals surface area contributed by atoms with Crippen molar-refractivity contribution in [2.45, 2.75) is 24.9 Å². The maximum atomic E-state index is 14.4. The van der Waals surface area contributed by atoms with Gasteiger partial charge in [0.05, 0.1) is 24.2 Å². The number of likely N-dealkylation sites (tertiary alicyclic amines) is 1. The van der Waals surface area contributed by atoms with Crippen molar-refractivity contribution in [3.63, 3.8) is 0 Å². The second-order valence-electron chi connectivity index (χ2n) is 6.40. The quantitative estimate of drug-likeness (QED) is 0.854. The summed E-state index contributed by atoms with van der Waals surface area (Å²) in [5.41, 5.74) is 0.883. The zero-order valence-corrected chi connectivity index (χ0v) is 15.1. The molecule has 140 valence electrons. The van der Waals surface area contributed by atoms with E-state index in [4.69, 9.17) is 0 Å². The molecular formula is C17H20F2N4O2S. The van der Waals surface area contributed by atoms with Crippen LogP contribution >= 0.6 is 0 Å². The smallest absolute Gasteiger partial charge is 0.208 e. The first-order valence-electron chi connectivity index (χ1n) is 8.26. The van der Waals surface area contributed by atoms with Crippen LogP contribution in [-0.2, 0) is 10.0 Å². The summed E-state index contributed by atoms with van der Waals surface area (Å²) in [6.45, 7) is 1.09. The topological polar surface area (TPSA) is 75.2 Å². The van der Waals surface area contributed by atoms with E-state index in [1.807, 2.05) is 4.90 Å². The standard InChI is InChI=1S/C17H20F2N4O2S/c1-26(24,25)22-13-4-8-23(9-5-13)17(16-11-20-6-7-21-16)14-3-2-12(18)10-15(14)19/h2-3,6-7,10-11,13,17,22H,4-5,8-9H2,1H3. The summed E-state index contributed by atoms with van der Waals surface area (Å²) in [4.78, 5) is 10.4. The molecule has 0 bridgehead atoms. The Hall–Kier alpha value is -1.97. The summed E-state index contributed by atoms with van der Waals surface area (Å²) in [5, 5.41) is 0. The van der Waals surface area contributed by atoms with Gasteiger partial charge < -0.3 is 0 Å². The van der Waals surface area contributed by atoms with Gasteiger partial charge in [0.2, 0.25) is 10.0 Å². The fourth-order valence-corrected chi connectivity index (χ4v) is 4.14. The van der Waals surface area contributed by atoms with E-state index in [-0.39, 0.29) is 6.04 Å². The van der Waals surface area contributed by atoms with E-state index in [0.717, 1.165) is 12.3 Å². The number of nitrogens with zero attached hydrogens (tertiary/aromatic N) is 3. The van der Waals surface area contributed by atoms with Gasteiger partial charge in [0.25, 0.3) is 0 Å². The normalized spacial score (nSPS) is 18.0. The Bertz CT molecular complexity index is 856. The minimum absolute atomic E-state index is 0.151. The van der Waals surface area contributed by atoms with E-state index >= 15 is 0 Å². The summed E-state index contributed by atoms with van der Waals surface area (Å²) in [7, 11) is -3.27. The average molecular weight is 382 g/mol. The van der Waals surface area contributed by atoms with Crippen LogP contribution in [0.4, 0.5) is 8.78 Å². The van der Waals surface area contributed by atoms with Gasteiger partial charge in [-0.25, -0.2) is 21.9 Å². The molecule has 1 N–H and O–H groups in total. The minimum Gasteiger partial charge on any atom is -0.291 e. The highest BCUT2D eigenvalue weighted by Crippen LogP contribution is 2.31. The van der Waals surface area contributed by atoms with Crippen molar-refractivity contribution in [1.29, 1.82) is 0 Å². The average Bonchev–Trinajstić information content (AvgIpc) is 2.58. The number of rotatable bonds is 5. The van der Waals surface area contributed by atoms with Crippen molar-refractivity contribution in [3.8, 4) is 0 Å². The first-order valence-corrected chi connectivity index (χ1v) is 10.1. The molecule has 1 aliphatic heterocycles. The summed E-state index contributed by atoms with van der Waals surface area (Å²) >= 11 is 0. The van der Waals surface area contributed by atoms with Crippen LogP contribution in [0.15, 0.2) is 36.8 Å². The third-order valence-electron chi connectivity index (χ3n) is 4.40. The third kappa shape index (κ3) is 4.60. The van der Waals surface area contributed by atoms with Crippen molar-refractivity contribution in [1.82, 2.24) is 19.6 Å². The SMILES string of the molecule is CS(=O)(=O)NC1CCN(C(c2cnccn2)c2ccc(F)cc2F)CC1. The molecule has 1 aromatic heterocycles. The molecule has 0 amide bonds. The first kappa shape index (κ1) is 18.8. The largest absolute Gasteiger partial charge is 0.291 e. The van der Waals surface area contributed by atoms with Crippen LogP contribution in [0.5, 0.6) is 0 Å². The van der Waals surface area contributed by atoms with Crippen molar-refractivity contribution in [2.75, 3.05) is 19.3 Å². The van der Waals surface area contributed by atoms with Gasteiger partial charge in [0, 0.05) is 43.2 Å². The molecule has 6 nitrogen and oxygen atoms in total. The summed E-state index contributed by atoms with van der Waals surface area (Å²) in [5.74, 6) is -1.28. The lowest BCUT2D eigenvalue weighted by molar-refractivity contribution is 0.165. The van der Waals surface area contributed by atoms with Gasteiger partial charge in [-0.15, -0.1) is 0 Å². The molecule has 1 atom stereocenters. The molecule has 26 heavy (non-hydrogen) atoms. The number of nitrogens with one attached hydrogen (secondary N) is 1. The molecule has 0 spiro atoms. The lowest BCUT2D eigenvalue weighted by Gasteiger charge is -2.37. The van der Waals surface area contributed by atoms with E-state index in [1.165, 1.54) is 24.5 Å². The Kier molecular flexibility index (Phi) is 5.59. The van der Waals surface area contributed by atoms with Crippen molar-refractivity contribution >= 4 is 10.0 Å². The zero-order chi connectivity index (χ0) is 18.7. The number of benzene rings is 1. The number of aromatic nitrogens is 2. The Morgan fingerprint density at radius 1 is 1.23 bits per heavy atom. The second kappa shape index (κ2) is 7.73. The molecule has 1 aromatic carbocycles. The molecule has 1 saturated heterocycles. The number of hydrogen-bond acceptors (Lipinski definition) is 5. The fourth-order valence-electron chi connectivity index (χ4n) is 3.30. The summed E-state index contributed by atoms with van der Waals surface area (Å²) in [6, 6.07) is 2.84. The van der Waals surface area contributed by atoms with E-state index in [0.29, 0.717) is 37.2 Å². The van der Waals surface area contributed by atoms with Crippen LogP contribution in [0.3, 0.4) is 0 Å². The van der Waals surface area contributed by atoms with Crippen molar-refractivity contribution < 1.29 is 17.2 Å². The molecule has 0 radical (unpaired) electrons. The van der Waals surface area contributed by atoms with E-state index < -0.39 is 27.7 Å². The van der Waals surface area contributed by atoms with Crippen LogP contribution in [-0.4, -0.2) is 48.7 Å². The predicted molar refractivity (Wildman–Crippen MR) is 92.8 cm³/mol. The molecule has 2 aromatic rings. The molecule has 3 rings (SSSR count). The fraction of sp³-hybridized carbons (Fsp3) is 0.412. The highest BCUT2D eigenvalue weighted by Gasteiger charge is 2.31. The maximum absolute atomic E-state index is 14.4. The Balaban J connectivity index is 1.86. The summed E-state index contributed by atoms with van der Waals surface area (Å²) in [6.07, 6.45) is 6.94. The lowest BCUT2D eigenvalue weighted by Crippen LogP contribution is -2.45. The van der Waals surface area contributed by atoms with Crippen LogP contribution in [0, 0.1) is 11.6 Å². The Morgan fingerprint density at radius 2 is 1.96 bits per heavy atom. The van der Waals surface area contributed by atoms with Crippen LogP contribution < -0.4 is 4.72 Å². The van der Waals surface area contributed by atoms with Gasteiger partial charge in [0.15, 0.2) is 0 Å². The Labute approximate surface area is 151 Å². The molecule has 9 heteroatoms. The first-order chi connectivity index (χ1) is 12.3. The predicted octanol–water partition coefficient (Wildman–Crippen LogP) is 1.86. The van der Waals surface area contributed by atoms with E-state index in [2.05, 4.69) is 14.7 Å². The zero-order valence-electron chi connectivity index (χ0n) is 14.3. The van der Waals surface area contributed by atoms with E-state index in [9.17, 15) is 17.2 Å². The van der Waals surface area contributed by atoms with Crippen molar-refractivity contribution in [2.24, 2.45) is 0 Å². The summed E-state index contributed by atoms with van der Waals surface area (Å²) < 4.78 is 53.2. The number of sulfonamides is 1.